The molecule has 0 rings (SSSR count). The fraction of sp³-hybridized carbons (Fsp3) is 0.714. The minimum Gasteiger partial charge on any atom is -0.468 e. The summed E-state index contributed by atoms with van der Waals surface area (Å²) in [6, 6.07) is 0. The summed E-state index contributed by atoms with van der Waals surface area (Å²) >= 11 is 16.0. The minimum atomic E-state index is -2.19. The lowest BCUT2D eigenvalue weighted by Crippen LogP contribution is -2.43. The van der Waals surface area contributed by atoms with Crippen LogP contribution in [0.1, 0.15) is 0 Å². The van der Waals surface area contributed by atoms with Crippen molar-refractivity contribution in [2.75, 3.05) is 14.2 Å². The number of aliphatic hydroxyl groups excluding tert-OH is 1. The van der Waals surface area contributed by atoms with Crippen LogP contribution in [0, 0.1) is 5.92 Å². The smallest absolute Gasteiger partial charge is 0.322 e. The average molecular weight is 280 g/mol. The van der Waals surface area contributed by atoms with Crippen LogP contribution in [-0.2, 0) is 19.1 Å². The molecule has 0 aromatic heterocycles. The van der Waals surface area contributed by atoms with Crippen LogP contribution >= 0.6 is 34.8 Å². The number of esters is 2. The Kier molecular flexibility index (Phi) is 5.66. The molecule has 0 unspecified atom stereocenters. The first-order valence-corrected chi connectivity index (χ1v) is 4.79. The van der Waals surface area contributed by atoms with Gasteiger partial charge >= 0.3 is 11.9 Å². The summed E-state index contributed by atoms with van der Waals surface area (Å²) in [5.41, 5.74) is 0. The van der Waals surface area contributed by atoms with Crippen molar-refractivity contribution in [2.24, 2.45) is 5.92 Å². The summed E-state index contributed by atoms with van der Waals surface area (Å²) in [7, 11) is 2.06. The molecule has 8 heteroatoms. The van der Waals surface area contributed by atoms with Crippen molar-refractivity contribution in [3.63, 3.8) is 0 Å². The number of methoxy groups -OCH3 is 2. The van der Waals surface area contributed by atoms with Gasteiger partial charge in [0, 0.05) is 0 Å². The molecule has 0 bridgehead atoms. The first-order chi connectivity index (χ1) is 6.75. The molecule has 0 heterocycles. The van der Waals surface area contributed by atoms with Gasteiger partial charge in [-0.2, -0.15) is 0 Å². The molecule has 0 aliphatic rings. The molecule has 88 valence electrons. The molecule has 0 aliphatic carbocycles. The molecule has 0 fully saturated rings. The van der Waals surface area contributed by atoms with Crippen LogP contribution in [0.5, 0.6) is 0 Å². The lowest BCUT2D eigenvalue weighted by molar-refractivity contribution is -0.164. The summed E-state index contributed by atoms with van der Waals surface area (Å²) < 4.78 is 6.36. The van der Waals surface area contributed by atoms with Crippen LogP contribution in [0.4, 0.5) is 0 Å². The van der Waals surface area contributed by atoms with Crippen molar-refractivity contribution in [1.29, 1.82) is 0 Å². The molecule has 1 N–H and O–H groups in total. The summed E-state index contributed by atoms with van der Waals surface area (Å²) in [5, 5.41) is 9.45. The zero-order chi connectivity index (χ0) is 12.2. The summed E-state index contributed by atoms with van der Waals surface area (Å²) in [5.74, 6) is -3.77. The van der Waals surface area contributed by atoms with Crippen LogP contribution in [0.15, 0.2) is 0 Å². The van der Waals surface area contributed by atoms with Gasteiger partial charge < -0.3 is 14.6 Å². The molecule has 0 aromatic carbocycles. The highest BCUT2D eigenvalue weighted by molar-refractivity contribution is 6.68. The van der Waals surface area contributed by atoms with Crippen LogP contribution in [0.25, 0.3) is 0 Å². The minimum absolute atomic E-state index is 1.03. The van der Waals surface area contributed by atoms with E-state index in [1.165, 1.54) is 0 Å². The van der Waals surface area contributed by atoms with Crippen molar-refractivity contribution in [3.05, 3.63) is 0 Å². The van der Waals surface area contributed by atoms with E-state index in [1.807, 2.05) is 0 Å². The van der Waals surface area contributed by atoms with Gasteiger partial charge in [0.05, 0.1) is 14.2 Å². The van der Waals surface area contributed by atoms with Crippen molar-refractivity contribution in [2.45, 2.75) is 9.90 Å². The van der Waals surface area contributed by atoms with Crippen molar-refractivity contribution < 1.29 is 24.2 Å². The molecule has 0 spiro atoms. The maximum Gasteiger partial charge on any atom is 0.322 e. The maximum atomic E-state index is 11.1. The average Bonchev–Trinajstić information content (AvgIpc) is 2.15. The summed E-state index contributed by atoms with van der Waals surface area (Å²) in [4.78, 5) is 22.3. The van der Waals surface area contributed by atoms with Crippen molar-refractivity contribution in [1.82, 2.24) is 0 Å². The second-order valence-corrected chi connectivity index (χ2v) is 4.88. The van der Waals surface area contributed by atoms with Gasteiger partial charge in [-0.05, 0) is 0 Å². The van der Waals surface area contributed by atoms with E-state index in [0.717, 1.165) is 14.2 Å². The zero-order valence-corrected chi connectivity index (χ0v) is 10.1. The van der Waals surface area contributed by atoms with E-state index in [1.54, 1.807) is 0 Å². The Labute approximate surface area is 101 Å². The molecule has 0 amide bonds. The van der Waals surface area contributed by atoms with Gasteiger partial charge in [-0.25, -0.2) is 0 Å². The fourth-order valence-electron chi connectivity index (χ4n) is 0.797. The number of rotatable bonds is 3. The SMILES string of the molecule is COC(=O)C(C(=O)OC)[C@H](O)C(Cl)(Cl)Cl. The van der Waals surface area contributed by atoms with E-state index in [0.29, 0.717) is 0 Å². The number of aliphatic hydroxyl groups is 1. The monoisotopic (exact) mass is 278 g/mol. The standard InChI is InChI=1S/C7H9Cl3O5/c1-14-5(12)3(6(13)15-2)4(11)7(8,9)10/h3-4,11H,1-2H3/t4-/m0/s1. The number of alkyl halides is 3. The maximum absolute atomic E-state index is 11.1. The van der Waals surface area contributed by atoms with Crippen LogP contribution < -0.4 is 0 Å². The molecule has 0 saturated heterocycles. The van der Waals surface area contributed by atoms with Crippen LogP contribution in [0.3, 0.4) is 0 Å². The largest absolute Gasteiger partial charge is 0.468 e. The van der Waals surface area contributed by atoms with Gasteiger partial charge in [0.2, 0.25) is 3.79 Å². The highest BCUT2D eigenvalue weighted by atomic mass is 35.6. The highest BCUT2D eigenvalue weighted by Gasteiger charge is 2.46. The van der Waals surface area contributed by atoms with Gasteiger partial charge in [0.25, 0.3) is 0 Å². The third kappa shape index (κ3) is 4.03. The molecular formula is C7H9Cl3O5. The Hall–Kier alpha value is -0.230. The molecule has 5 nitrogen and oxygen atoms in total. The second kappa shape index (κ2) is 5.75. The number of hydrogen-bond donors (Lipinski definition) is 1. The van der Waals surface area contributed by atoms with Gasteiger partial charge in [0.15, 0.2) is 5.92 Å². The van der Waals surface area contributed by atoms with Crippen LogP contribution in [-0.4, -0.2) is 41.2 Å². The van der Waals surface area contributed by atoms with Gasteiger partial charge in [0.1, 0.15) is 6.10 Å². The topological polar surface area (TPSA) is 72.8 Å². The first kappa shape index (κ1) is 14.8. The lowest BCUT2D eigenvalue weighted by atomic mass is 10.0. The lowest BCUT2D eigenvalue weighted by Gasteiger charge is -2.24. The number of halogens is 3. The third-order valence-electron chi connectivity index (χ3n) is 1.56. The predicted octanol–water partition coefficient (Wildman–Crippen LogP) is 0.680. The van der Waals surface area contributed by atoms with Crippen LogP contribution in [0.2, 0.25) is 0 Å². The summed E-state index contributed by atoms with van der Waals surface area (Å²) in [6.45, 7) is 0. The van der Waals surface area contributed by atoms with E-state index in [4.69, 9.17) is 34.8 Å². The van der Waals surface area contributed by atoms with E-state index in [2.05, 4.69) is 9.47 Å². The Morgan fingerprint density at radius 2 is 1.47 bits per heavy atom. The van der Waals surface area contributed by atoms with Crippen molar-refractivity contribution >= 4 is 46.7 Å². The molecule has 0 saturated carbocycles. The quantitative estimate of drug-likeness (QED) is 0.467. The Balaban J connectivity index is 4.95. The number of ether oxygens (including phenoxy) is 2. The molecule has 0 aliphatic heterocycles. The Morgan fingerprint density at radius 1 is 1.13 bits per heavy atom. The molecular weight excluding hydrogens is 270 g/mol. The van der Waals surface area contributed by atoms with Crippen molar-refractivity contribution in [3.8, 4) is 0 Å². The fourth-order valence-corrected chi connectivity index (χ4v) is 1.17. The number of hydrogen-bond acceptors (Lipinski definition) is 5. The molecule has 0 radical (unpaired) electrons. The normalized spacial score (nSPS) is 13.5. The number of carbonyl (C=O) groups is 2. The third-order valence-corrected chi connectivity index (χ3v) is 2.23. The number of carbonyl (C=O) groups excluding carboxylic acids is 2. The van der Waals surface area contributed by atoms with E-state index in [9.17, 15) is 14.7 Å². The zero-order valence-electron chi connectivity index (χ0n) is 7.87. The Morgan fingerprint density at radius 3 is 1.67 bits per heavy atom. The van der Waals surface area contributed by atoms with Gasteiger partial charge in [-0.1, -0.05) is 34.8 Å². The Bertz CT molecular complexity index is 234. The second-order valence-electron chi connectivity index (χ2n) is 2.51. The molecule has 0 aromatic rings. The first-order valence-electron chi connectivity index (χ1n) is 3.66. The molecule has 1 atom stereocenters. The highest BCUT2D eigenvalue weighted by Crippen LogP contribution is 2.34. The van der Waals surface area contributed by atoms with Gasteiger partial charge in [-0.3, -0.25) is 9.59 Å². The van der Waals surface area contributed by atoms with E-state index < -0.39 is 27.8 Å². The summed E-state index contributed by atoms with van der Waals surface area (Å²) in [6.07, 6.45) is -1.85. The molecule has 15 heavy (non-hydrogen) atoms. The van der Waals surface area contributed by atoms with E-state index in [-0.39, 0.29) is 0 Å². The van der Waals surface area contributed by atoms with Gasteiger partial charge in [-0.15, -0.1) is 0 Å². The predicted molar refractivity (Wildman–Crippen MR) is 53.8 cm³/mol. The van der Waals surface area contributed by atoms with E-state index >= 15 is 0 Å².